The summed E-state index contributed by atoms with van der Waals surface area (Å²) in [6, 6.07) is 49.6. The van der Waals surface area contributed by atoms with Gasteiger partial charge in [0.05, 0.1) is 98.4 Å². The Kier molecular flexibility index (Phi) is 8.94. The summed E-state index contributed by atoms with van der Waals surface area (Å²) in [7, 11) is 0. The Labute approximate surface area is 622 Å². The quantitative estimate of drug-likeness (QED) is 0.128. The molecule has 103 heavy (non-hydrogen) atoms. The highest BCUT2D eigenvalue weighted by Gasteiger charge is 2.42. The number of benzene rings is 15. The number of rotatable bonds is 4. The molecular weight excluding hydrogens is 1250 g/mol. The van der Waals surface area contributed by atoms with Crippen LogP contribution < -0.4 is 16.4 Å². The molecule has 0 N–H and O–H groups in total. The van der Waals surface area contributed by atoms with Crippen LogP contribution in [0.15, 0.2) is 315 Å². The lowest BCUT2D eigenvalue weighted by atomic mass is 9.34. The summed E-state index contributed by atoms with van der Waals surface area (Å²) in [6.07, 6.45) is 0. The molecule has 0 atom stereocenters. The molecule has 7 heteroatoms. The van der Waals surface area contributed by atoms with Crippen molar-refractivity contribution in [2.45, 2.75) is 26.2 Å². The number of nitrogens with zero attached hydrogens (tertiary/aromatic N) is 6. The fourth-order valence-corrected chi connectivity index (χ4v) is 16.4. The van der Waals surface area contributed by atoms with Gasteiger partial charge in [-0.1, -0.05) is 269 Å². The molecule has 0 aliphatic carbocycles. The van der Waals surface area contributed by atoms with Crippen LogP contribution in [0.2, 0.25) is 0 Å². The molecule has 0 bridgehead atoms. The molecule has 6 heterocycles. The van der Waals surface area contributed by atoms with Gasteiger partial charge in [-0.3, -0.25) is 0 Å². The lowest BCUT2D eigenvalue weighted by Crippen LogP contribution is -2.60. The van der Waals surface area contributed by atoms with Crippen molar-refractivity contribution < 1.29 is 27.4 Å². The zero-order valence-corrected chi connectivity index (χ0v) is 55.2. The average Bonchev–Trinajstić information content (AvgIpc) is 1.62. The standard InChI is InChI=1S/C96H61BN6/c1-96(2,3)61-54-87-91-88(55-61)103-93-64(60-27-9-6-10-28-60)40-24-42-76(93)70-34-14-12-30-66(70)68-32-16-18-38-74(68)90-86(101-82-44-22-20-36-72(82)78-56-62(99-4)46-50-84(78)101)52-48-80(95(90)103)97(91)79-47-51-85(100-81-43-21-19-35-71(81)77-53-58(57-98)45-49-83(77)100)89-73-37-17-15-31-67(73)65-29-11-13-33-69(65)75-41-23-39-63(59-25-7-5-8-26-59)92(75)102(87)94(79)89/h5-56H,1-3H3/i19D,20D,21D,22D,35D,36D,43D,44D,45D,46D,47D,48D,49D,50D,51D,52D,53D,54D,55D,56D. The summed E-state index contributed by atoms with van der Waals surface area (Å²) < 4.78 is 214. The molecular formula is C96H61BN6. The number of para-hydroxylation sites is 4. The van der Waals surface area contributed by atoms with E-state index in [9.17, 15) is 32.7 Å². The Morgan fingerprint density at radius 3 is 1.21 bits per heavy atom. The summed E-state index contributed by atoms with van der Waals surface area (Å²) in [5, 5.41) is 14.8. The van der Waals surface area contributed by atoms with Crippen molar-refractivity contribution in [1.29, 1.82) is 5.26 Å². The van der Waals surface area contributed by atoms with Crippen LogP contribution in [0, 0.1) is 17.9 Å². The Bertz CT molecular complexity index is 8040. The lowest BCUT2D eigenvalue weighted by Gasteiger charge is -2.38. The molecule has 2 aliphatic rings. The number of nitriles is 1. The average molecular weight is 1330 g/mol. The fourth-order valence-electron chi connectivity index (χ4n) is 16.4. The van der Waals surface area contributed by atoms with E-state index in [0.717, 1.165) is 0 Å². The molecule has 0 saturated heterocycles. The first-order valence-electron chi connectivity index (χ1n) is 43.8. The Balaban J connectivity index is 1.17. The van der Waals surface area contributed by atoms with E-state index >= 15 is 0 Å². The maximum absolute atomic E-state index is 11.8. The van der Waals surface area contributed by atoms with E-state index in [2.05, 4.69) is 4.85 Å². The van der Waals surface area contributed by atoms with E-state index in [1.807, 2.05) is 206 Å². The highest BCUT2D eigenvalue weighted by molar-refractivity contribution is 7.00. The van der Waals surface area contributed by atoms with E-state index in [1.54, 1.807) is 24.3 Å². The zero-order valence-electron chi connectivity index (χ0n) is 75.2. The molecule has 0 radical (unpaired) electrons. The minimum Gasteiger partial charge on any atom is -0.309 e. The second kappa shape index (κ2) is 22.0. The van der Waals surface area contributed by atoms with Crippen molar-refractivity contribution in [1.82, 2.24) is 18.3 Å². The van der Waals surface area contributed by atoms with Gasteiger partial charge in [0.1, 0.15) is 0 Å². The van der Waals surface area contributed by atoms with Crippen molar-refractivity contribution in [3.05, 3.63) is 338 Å². The molecule has 2 aliphatic heterocycles. The van der Waals surface area contributed by atoms with Crippen molar-refractivity contribution >= 4 is 159 Å². The Morgan fingerprint density at radius 1 is 0.359 bits per heavy atom. The molecule has 21 rings (SSSR count). The van der Waals surface area contributed by atoms with Gasteiger partial charge in [0.2, 0.25) is 0 Å². The first-order valence-corrected chi connectivity index (χ1v) is 33.8. The predicted octanol–water partition coefficient (Wildman–Crippen LogP) is 23.1. The van der Waals surface area contributed by atoms with Gasteiger partial charge in [-0.25, -0.2) is 4.85 Å². The Hall–Kier alpha value is -13.5. The summed E-state index contributed by atoms with van der Waals surface area (Å²) >= 11 is 0. The van der Waals surface area contributed by atoms with Gasteiger partial charge in [-0.15, -0.1) is 0 Å². The van der Waals surface area contributed by atoms with E-state index in [0.29, 0.717) is 87.1 Å². The highest BCUT2D eigenvalue weighted by atomic mass is 15.1. The molecule has 19 aromatic rings. The van der Waals surface area contributed by atoms with E-state index in [-0.39, 0.29) is 122 Å². The monoisotopic (exact) mass is 1330 g/mol. The van der Waals surface area contributed by atoms with E-state index in [4.69, 9.17) is 6.57 Å². The van der Waals surface area contributed by atoms with Crippen molar-refractivity contribution in [3.8, 4) is 51.1 Å². The molecule has 0 amide bonds. The molecule has 0 unspecified atom stereocenters. The highest BCUT2D eigenvalue weighted by Crippen LogP contribution is 2.48. The molecule has 4 aromatic heterocycles. The van der Waals surface area contributed by atoms with Gasteiger partial charge in [0, 0.05) is 62.9 Å². The van der Waals surface area contributed by atoms with Crippen LogP contribution in [-0.4, -0.2) is 25.0 Å². The van der Waals surface area contributed by atoms with Gasteiger partial charge in [0.15, 0.2) is 5.69 Å². The topological polar surface area (TPSA) is 47.9 Å². The van der Waals surface area contributed by atoms with Crippen LogP contribution in [0.25, 0.3) is 180 Å². The zero-order chi connectivity index (χ0) is 85.9. The smallest absolute Gasteiger partial charge is 0.252 e. The minimum absolute atomic E-state index is 0.0199. The first-order chi connectivity index (χ1) is 59.1. The third-order valence-electron chi connectivity index (χ3n) is 20.7. The van der Waals surface area contributed by atoms with Gasteiger partial charge in [-0.2, -0.15) is 5.26 Å². The number of fused-ring (bicyclic) bond motifs is 24. The fraction of sp³-hybridized carbons (Fsp3) is 0.0417. The van der Waals surface area contributed by atoms with Crippen molar-refractivity contribution in [2.75, 3.05) is 0 Å². The second-order valence-electron chi connectivity index (χ2n) is 27.1. The van der Waals surface area contributed by atoms with Crippen LogP contribution in [0.5, 0.6) is 0 Å². The summed E-state index contributed by atoms with van der Waals surface area (Å²) in [5.74, 6) is 0. The summed E-state index contributed by atoms with van der Waals surface area (Å²) in [5.41, 5.74) is -1.04. The third kappa shape index (κ3) is 8.31. The minimum atomic E-state index is -1.74. The third-order valence-corrected chi connectivity index (χ3v) is 20.7. The van der Waals surface area contributed by atoms with Gasteiger partial charge < -0.3 is 18.3 Å². The first kappa shape index (κ1) is 41.8. The maximum Gasteiger partial charge on any atom is 0.252 e. The van der Waals surface area contributed by atoms with Crippen LogP contribution >= 0.6 is 0 Å². The number of hydrogen-bond donors (Lipinski definition) is 0. The van der Waals surface area contributed by atoms with Crippen LogP contribution in [0.4, 0.5) is 5.69 Å². The van der Waals surface area contributed by atoms with E-state index in [1.165, 1.54) is 9.13 Å². The van der Waals surface area contributed by atoms with E-state index < -0.39 is 132 Å². The largest absolute Gasteiger partial charge is 0.309 e. The molecule has 0 spiro atoms. The van der Waals surface area contributed by atoms with Gasteiger partial charge in [-0.05, 0) is 153 Å². The maximum atomic E-state index is 11.8. The molecule has 15 aromatic carbocycles. The van der Waals surface area contributed by atoms with Crippen molar-refractivity contribution in [3.63, 3.8) is 0 Å². The van der Waals surface area contributed by atoms with Gasteiger partial charge >= 0.3 is 0 Å². The SMILES string of the molecule is [2H]c1c2c3c(c([2H])c1C(C)(C)C)-n1c4c(-c5ccccc5)cccc4c4ccccc4c4ccccc4c4c(-n5c6c([2H])c([2H])c([2H])c([2H])c6c6c([2H])c([N+]#[C-])c([2H])c([2H])c65)c([2H])c([2H])c(c41)B3c1c([2H])c([2H])c(-n3c4c([2H])c([2H])c([2H])c([2H])c4c4c([2H])c(C#N)c([2H])c([2H])c43)c3c4ccccc4c4ccccc4c4cccc(-c5ccccc5)c4n-2c13. The summed E-state index contributed by atoms with van der Waals surface area (Å²) in [6.45, 7) is 12.4. The van der Waals surface area contributed by atoms with Crippen molar-refractivity contribution in [2.24, 2.45) is 0 Å². The number of hydrogen-bond acceptors (Lipinski definition) is 1. The molecule has 0 fully saturated rings. The normalized spacial score (nSPS) is 15.1. The van der Waals surface area contributed by atoms with Crippen LogP contribution in [0.3, 0.4) is 0 Å². The Morgan fingerprint density at radius 2 is 0.757 bits per heavy atom. The predicted molar refractivity (Wildman–Crippen MR) is 434 cm³/mol. The molecule has 6 nitrogen and oxygen atoms in total. The molecule has 478 valence electrons. The summed E-state index contributed by atoms with van der Waals surface area (Å²) in [4.78, 5) is 3.59. The van der Waals surface area contributed by atoms with Crippen LogP contribution in [0.1, 0.15) is 59.3 Å². The number of aromatic nitrogens is 4. The van der Waals surface area contributed by atoms with Crippen LogP contribution in [-0.2, 0) is 5.41 Å². The molecule has 0 saturated carbocycles. The van der Waals surface area contributed by atoms with Gasteiger partial charge in [0.25, 0.3) is 6.71 Å². The second-order valence-corrected chi connectivity index (χ2v) is 27.1. The lowest BCUT2D eigenvalue weighted by molar-refractivity contribution is 0.589.